The zero-order chi connectivity index (χ0) is 11.7. The highest BCUT2D eigenvalue weighted by atomic mass is 79.9. The lowest BCUT2D eigenvalue weighted by molar-refractivity contribution is 0.244. The van der Waals surface area contributed by atoms with E-state index in [1.165, 1.54) is 0 Å². The molecule has 2 heterocycles. The molecule has 0 aromatic carbocycles. The molecule has 1 fully saturated rings. The van der Waals surface area contributed by atoms with Crippen molar-refractivity contribution in [2.45, 2.75) is 19.4 Å². The van der Waals surface area contributed by atoms with Crippen molar-refractivity contribution in [1.29, 1.82) is 0 Å². The molecule has 1 aliphatic heterocycles. The van der Waals surface area contributed by atoms with Crippen LogP contribution in [0.15, 0.2) is 10.7 Å². The van der Waals surface area contributed by atoms with Crippen LogP contribution in [0, 0.1) is 5.92 Å². The van der Waals surface area contributed by atoms with Gasteiger partial charge in [-0.05, 0) is 28.3 Å². The van der Waals surface area contributed by atoms with E-state index in [0.717, 1.165) is 13.0 Å². The van der Waals surface area contributed by atoms with Gasteiger partial charge in [0.1, 0.15) is 10.4 Å². The smallest absolute Gasteiger partial charge is 0.228 e. The molecule has 0 amide bonds. The van der Waals surface area contributed by atoms with Gasteiger partial charge in [-0.1, -0.05) is 6.92 Å². The van der Waals surface area contributed by atoms with Crippen LogP contribution in [-0.4, -0.2) is 34.3 Å². The molecule has 2 unspecified atom stereocenters. The predicted octanol–water partition coefficient (Wildman–Crippen LogP) is 1.03. The average molecular weight is 287 g/mol. The van der Waals surface area contributed by atoms with Gasteiger partial charge in [-0.2, -0.15) is 4.98 Å². The second kappa shape index (κ2) is 4.55. The maximum Gasteiger partial charge on any atom is 0.228 e. The summed E-state index contributed by atoms with van der Waals surface area (Å²) in [6.45, 7) is 3.11. The van der Waals surface area contributed by atoms with Gasteiger partial charge in [0.2, 0.25) is 5.95 Å². The monoisotopic (exact) mass is 286 g/mol. The summed E-state index contributed by atoms with van der Waals surface area (Å²) in [5.41, 5.74) is 5.68. The van der Waals surface area contributed by atoms with Crippen molar-refractivity contribution >= 4 is 27.7 Å². The summed E-state index contributed by atoms with van der Waals surface area (Å²) >= 11 is 3.30. The standard InChI is InChI=1S/C10H15BrN4O/c1-6-2-3-15(7(6)5-16)10-13-8(11)4-9(12)14-10/h4,6-7,16H,2-3,5H2,1H3,(H2,12,13,14). The number of halogens is 1. The number of aliphatic hydroxyl groups is 1. The summed E-state index contributed by atoms with van der Waals surface area (Å²) < 4.78 is 0.672. The third-order valence-corrected chi connectivity index (χ3v) is 3.44. The van der Waals surface area contributed by atoms with E-state index in [-0.39, 0.29) is 12.6 Å². The highest BCUT2D eigenvalue weighted by molar-refractivity contribution is 9.10. The van der Waals surface area contributed by atoms with Crippen LogP contribution in [0.5, 0.6) is 0 Å². The Hall–Kier alpha value is -0.880. The first kappa shape index (κ1) is 11.6. The van der Waals surface area contributed by atoms with Crippen LogP contribution >= 0.6 is 15.9 Å². The predicted molar refractivity (Wildman–Crippen MR) is 66.1 cm³/mol. The number of nitrogens with zero attached hydrogens (tertiary/aromatic N) is 3. The first-order valence-corrected chi connectivity index (χ1v) is 6.08. The van der Waals surface area contributed by atoms with Crippen LogP contribution in [0.2, 0.25) is 0 Å². The molecular formula is C10H15BrN4O. The summed E-state index contributed by atoms with van der Waals surface area (Å²) in [7, 11) is 0. The molecule has 1 aliphatic rings. The van der Waals surface area contributed by atoms with Crippen LogP contribution in [-0.2, 0) is 0 Å². The van der Waals surface area contributed by atoms with Crippen LogP contribution < -0.4 is 10.6 Å². The fourth-order valence-electron chi connectivity index (χ4n) is 2.09. The second-order valence-electron chi connectivity index (χ2n) is 4.12. The van der Waals surface area contributed by atoms with Gasteiger partial charge in [0.05, 0.1) is 12.6 Å². The highest BCUT2D eigenvalue weighted by Gasteiger charge is 2.32. The Kier molecular flexibility index (Phi) is 3.30. The first-order valence-electron chi connectivity index (χ1n) is 5.29. The Balaban J connectivity index is 2.29. The molecule has 1 aromatic rings. The molecule has 0 spiro atoms. The van der Waals surface area contributed by atoms with Gasteiger partial charge in [0, 0.05) is 12.6 Å². The Labute approximate surface area is 103 Å². The minimum absolute atomic E-state index is 0.0914. The van der Waals surface area contributed by atoms with Crippen LogP contribution in [0.4, 0.5) is 11.8 Å². The number of hydrogen-bond donors (Lipinski definition) is 2. The summed E-state index contributed by atoms with van der Waals surface area (Å²) in [5.74, 6) is 1.48. The lowest BCUT2D eigenvalue weighted by Gasteiger charge is -2.25. The molecular weight excluding hydrogens is 272 g/mol. The molecule has 5 nitrogen and oxygen atoms in total. The van der Waals surface area contributed by atoms with E-state index in [2.05, 4.69) is 32.8 Å². The van der Waals surface area contributed by atoms with Gasteiger partial charge in [-0.25, -0.2) is 4.98 Å². The number of hydrogen-bond acceptors (Lipinski definition) is 5. The number of aliphatic hydroxyl groups excluding tert-OH is 1. The molecule has 2 rings (SSSR count). The Morgan fingerprint density at radius 3 is 3.00 bits per heavy atom. The largest absolute Gasteiger partial charge is 0.394 e. The van der Waals surface area contributed by atoms with Gasteiger partial charge >= 0.3 is 0 Å². The van der Waals surface area contributed by atoms with Crippen molar-refractivity contribution in [3.63, 3.8) is 0 Å². The lowest BCUT2D eigenvalue weighted by Crippen LogP contribution is -2.36. The molecule has 6 heteroatoms. The van der Waals surface area contributed by atoms with Crippen LogP contribution in [0.25, 0.3) is 0 Å². The van der Waals surface area contributed by atoms with Crippen molar-refractivity contribution in [1.82, 2.24) is 9.97 Å². The number of nitrogens with two attached hydrogens (primary N) is 1. The molecule has 0 radical (unpaired) electrons. The minimum atomic E-state index is 0.0914. The summed E-state index contributed by atoms with van der Waals surface area (Å²) in [6, 6.07) is 1.76. The fourth-order valence-corrected chi connectivity index (χ4v) is 2.48. The van der Waals surface area contributed by atoms with Gasteiger partial charge in [0.25, 0.3) is 0 Å². The van der Waals surface area contributed by atoms with Gasteiger partial charge in [-0.3, -0.25) is 0 Å². The van der Waals surface area contributed by atoms with E-state index in [1.807, 2.05) is 4.90 Å². The molecule has 88 valence electrons. The number of anilines is 2. The molecule has 16 heavy (non-hydrogen) atoms. The highest BCUT2D eigenvalue weighted by Crippen LogP contribution is 2.28. The van der Waals surface area contributed by atoms with Crippen LogP contribution in [0.1, 0.15) is 13.3 Å². The van der Waals surface area contributed by atoms with E-state index in [4.69, 9.17) is 5.73 Å². The summed E-state index contributed by atoms with van der Waals surface area (Å²) in [4.78, 5) is 10.5. The number of rotatable bonds is 2. The molecule has 3 N–H and O–H groups in total. The molecule has 0 aliphatic carbocycles. The quantitative estimate of drug-likeness (QED) is 0.795. The maximum absolute atomic E-state index is 9.37. The molecule has 1 saturated heterocycles. The van der Waals surface area contributed by atoms with Crippen LogP contribution in [0.3, 0.4) is 0 Å². The Bertz CT molecular complexity index is 367. The van der Waals surface area contributed by atoms with E-state index in [0.29, 0.717) is 22.3 Å². The topological polar surface area (TPSA) is 75.3 Å². The van der Waals surface area contributed by atoms with Gasteiger partial charge in [-0.15, -0.1) is 0 Å². The molecule has 2 atom stereocenters. The minimum Gasteiger partial charge on any atom is -0.394 e. The average Bonchev–Trinajstić information content (AvgIpc) is 2.58. The third kappa shape index (κ3) is 2.12. The van der Waals surface area contributed by atoms with Crippen molar-refractivity contribution in [3.8, 4) is 0 Å². The van der Waals surface area contributed by atoms with E-state index in [1.54, 1.807) is 6.07 Å². The van der Waals surface area contributed by atoms with E-state index < -0.39 is 0 Å². The van der Waals surface area contributed by atoms with Crippen molar-refractivity contribution < 1.29 is 5.11 Å². The Morgan fingerprint density at radius 1 is 1.62 bits per heavy atom. The van der Waals surface area contributed by atoms with Gasteiger partial charge < -0.3 is 15.7 Å². The Morgan fingerprint density at radius 2 is 2.38 bits per heavy atom. The summed E-state index contributed by atoms with van der Waals surface area (Å²) in [5, 5.41) is 9.37. The first-order chi connectivity index (χ1) is 7.61. The van der Waals surface area contributed by atoms with Crippen molar-refractivity contribution in [2.24, 2.45) is 5.92 Å². The van der Waals surface area contributed by atoms with Crippen molar-refractivity contribution in [2.75, 3.05) is 23.8 Å². The number of nitrogen functional groups attached to an aromatic ring is 1. The molecule has 1 aromatic heterocycles. The zero-order valence-corrected chi connectivity index (χ0v) is 10.7. The number of aromatic nitrogens is 2. The van der Waals surface area contributed by atoms with E-state index in [9.17, 15) is 5.11 Å². The van der Waals surface area contributed by atoms with Crippen molar-refractivity contribution in [3.05, 3.63) is 10.7 Å². The zero-order valence-electron chi connectivity index (χ0n) is 9.10. The summed E-state index contributed by atoms with van der Waals surface area (Å²) in [6.07, 6.45) is 1.04. The van der Waals surface area contributed by atoms with Gasteiger partial charge in [0.15, 0.2) is 0 Å². The maximum atomic E-state index is 9.37. The lowest BCUT2D eigenvalue weighted by atomic mass is 10.0. The molecule has 0 saturated carbocycles. The normalized spacial score (nSPS) is 25.1. The SMILES string of the molecule is CC1CCN(c2nc(N)cc(Br)n2)C1CO. The third-order valence-electron chi connectivity index (χ3n) is 3.03. The fraction of sp³-hybridized carbons (Fsp3) is 0.600. The van der Waals surface area contributed by atoms with E-state index >= 15 is 0 Å². The molecule has 0 bridgehead atoms. The second-order valence-corrected chi connectivity index (χ2v) is 4.94.